The average Bonchev–Trinajstić information content (AvgIpc) is 2.27. The van der Waals surface area contributed by atoms with Crippen LogP contribution in [0, 0.1) is 10.1 Å². The summed E-state index contributed by atoms with van der Waals surface area (Å²) >= 11 is 3.23. The Bertz CT molecular complexity index is 421. The Labute approximate surface area is 108 Å². The maximum Gasteiger partial charge on any atom is 0.270 e. The van der Waals surface area contributed by atoms with Crippen LogP contribution in [0.1, 0.15) is 20.3 Å². The van der Waals surface area contributed by atoms with Gasteiger partial charge in [-0.1, -0.05) is 6.92 Å². The van der Waals surface area contributed by atoms with E-state index in [0.717, 1.165) is 6.42 Å². The maximum absolute atomic E-state index is 10.6. The Kier molecular flexibility index (Phi) is 4.47. The number of halogens is 1. The summed E-state index contributed by atoms with van der Waals surface area (Å²) in [5, 5.41) is 10.6. The van der Waals surface area contributed by atoms with Crippen LogP contribution in [-0.2, 0) is 0 Å². The van der Waals surface area contributed by atoms with Crippen molar-refractivity contribution in [1.82, 2.24) is 0 Å². The lowest BCUT2D eigenvalue weighted by Gasteiger charge is -2.23. The molecule has 0 aliphatic heterocycles. The third-order valence-corrected chi connectivity index (χ3v) is 3.11. The van der Waals surface area contributed by atoms with Gasteiger partial charge in [0, 0.05) is 17.7 Å². The summed E-state index contributed by atoms with van der Waals surface area (Å²) in [6, 6.07) is 4.38. The lowest BCUT2D eigenvalue weighted by atomic mass is 10.0. The van der Waals surface area contributed by atoms with E-state index in [9.17, 15) is 10.1 Å². The maximum atomic E-state index is 10.6. The zero-order valence-corrected chi connectivity index (χ0v) is 11.4. The van der Waals surface area contributed by atoms with E-state index in [1.54, 1.807) is 6.07 Å². The monoisotopic (exact) mass is 302 g/mol. The first-order chi connectivity index (χ1) is 7.85. The van der Waals surface area contributed by atoms with Crippen LogP contribution in [0.25, 0.3) is 0 Å². The van der Waals surface area contributed by atoms with Gasteiger partial charge in [-0.05, 0) is 35.3 Å². The molecule has 0 aliphatic carbocycles. The van der Waals surface area contributed by atoms with E-state index in [2.05, 4.69) is 15.9 Å². The summed E-state index contributed by atoms with van der Waals surface area (Å²) in [7, 11) is 0. The Morgan fingerprint density at radius 3 is 2.71 bits per heavy atom. The van der Waals surface area contributed by atoms with Crippen molar-refractivity contribution in [1.29, 1.82) is 0 Å². The molecule has 17 heavy (non-hydrogen) atoms. The number of hydrogen-bond acceptors (Lipinski definition) is 4. The van der Waals surface area contributed by atoms with Crippen LogP contribution < -0.4 is 10.5 Å². The molecular weight excluding hydrogens is 288 g/mol. The van der Waals surface area contributed by atoms with Gasteiger partial charge in [0.25, 0.3) is 5.69 Å². The first kappa shape index (κ1) is 13.9. The second-order valence-electron chi connectivity index (χ2n) is 4.17. The van der Waals surface area contributed by atoms with Crippen LogP contribution >= 0.6 is 15.9 Å². The summed E-state index contributed by atoms with van der Waals surface area (Å²) in [4.78, 5) is 10.1. The molecule has 5 nitrogen and oxygen atoms in total. The number of rotatable bonds is 5. The lowest BCUT2D eigenvalue weighted by Crippen LogP contribution is -2.41. The molecule has 6 heteroatoms. The highest BCUT2D eigenvalue weighted by Crippen LogP contribution is 2.29. The molecule has 0 aromatic heterocycles. The summed E-state index contributed by atoms with van der Waals surface area (Å²) in [6.07, 6.45) is 0.789. The van der Waals surface area contributed by atoms with Crippen LogP contribution in [0.3, 0.4) is 0 Å². The van der Waals surface area contributed by atoms with Gasteiger partial charge in [-0.2, -0.15) is 0 Å². The molecule has 94 valence electrons. The van der Waals surface area contributed by atoms with E-state index >= 15 is 0 Å². The third-order valence-electron chi connectivity index (χ3n) is 2.49. The summed E-state index contributed by atoms with van der Waals surface area (Å²) in [6.45, 7) is 4.24. The van der Waals surface area contributed by atoms with Gasteiger partial charge in [0.15, 0.2) is 0 Å². The molecule has 0 aliphatic rings. The molecule has 1 rings (SSSR count). The van der Waals surface area contributed by atoms with Crippen LogP contribution in [0.15, 0.2) is 22.7 Å². The van der Waals surface area contributed by atoms with Crippen LogP contribution in [0.5, 0.6) is 5.75 Å². The summed E-state index contributed by atoms with van der Waals surface area (Å²) < 4.78 is 6.09. The predicted molar refractivity (Wildman–Crippen MR) is 69.2 cm³/mol. The van der Waals surface area contributed by atoms with Crippen molar-refractivity contribution in [3.8, 4) is 5.75 Å². The van der Waals surface area contributed by atoms with Crippen molar-refractivity contribution in [2.24, 2.45) is 5.73 Å². The van der Waals surface area contributed by atoms with E-state index in [1.165, 1.54) is 12.1 Å². The van der Waals surface area contributed by atoms with Gasteiger partial charge in [-0.15, -0.1) is 0 Å². The minimum atomic E-state index is -0.451. The first-order valence-electron chi connectivity index (χ1n) is 5.21. The van der Waals surface area contributed by atoms with Crippen LogP contribution in [0.2, 0.25) is 0 Å². The van der Waals surface area contributed by atoms with Crippen molar-refractivity contribution in [3.05, 3.63) is 32.8 Å². The number of benzene rings is 1. The quantitative estimate of drug-likeness (QED) is 0.670. The van der Waals surface area contributed by atoms with Gasteiger partial charge in [-0.25, -0.2) is 0 Å². The van der Waals surface area contributed by atoms with Gasteiger partial charge in [0.2, 0.25) is 0 Å². The summed E-state index contributed by atoms with van der Waals surface area (Å²) in [5.74, 6) is 0.556. The fourth-order valence-electron chi connectivity index (χ4n) is 1.07. The largest absolute Gasteiger partial charge is 0.490 e. The third kappa shape index (κ3) is 3.98. The van der Waals surface area contributed by atoms with E-state index in [4.69, 9.17) is 10.5 Å². The molecule has 0 bridgehead atoms. The zero-order valence-electron chi connectivity index (χ0n) is 9.77. The molecule has 0 heterocycles. The SMILES string of the molecule is CCC(C)(N)COc1ccc([N+](=O)[O-])cc1Br. The van der Waals surface area contributed by atoms with E-state index in [-0.39, 0.29) is 5.69 Å². The van der Waals surface area contributed by atoms with Crippen LogP contribution in [0.4, 0.5) is 5.69 Å². The number of non-ortho nitro benzene ring substituents is 1. The Morgan fingerprint density at radius 2 is 2.24 bits per heavy atom. The van der Waals surface area contributed by atoms with E-state index in [1.807, 2.05) is 13.8 Å². The highest BCUT2D eigenvalue weighted by atomic mass is 79.9. The second kappa shape index (κ2) is 5.46. The van der Waals surface area contributed by atoms with Crippen molar-refractivity contribution >= 4 is 21.6 Å². The molecule has 0 fully saturated rings. The minimum Gasteiger partial charge on any atom is -0.490 e. The highest BCUT2D eigenvalue weighted by molar-refractivity contribution is 9.10. The Balaban J connectivity index is 2.77. The van der Waals surface area contributed by atoms with Gasteiger partial charge >= 0.3 is 0 Å². The molecule has 1 aromatic rings. The number of nitro groups is 1. The number of ether oxygens (including phenoxy) is 1. The summed E-state index contributed by atoms with van der Waals surface area (Å²) in [5.41, 5.74) is 5.57. The van der Waals surface area contributed by atoms with Crippen LogP contribution in [-0.4, -0.2) is 17.1 Å². The second-order valence-corrected chi connectivity index (χ2v) is 5.02. The molecule has 0 spiro atoms. The van der Waals surface area contributed by atoms with Crippen molar-refractivity contribution < 1.29 is 9.66 Å². The molecule has 2 N–H and O–H groups in total. The molecule has 1 unspecified atom stereocenters. The molecule has 0 radical (unpaired) electrons. The molecule has 1 atom stereocenters. The number of nitro benzene ring substituents is 1. The normalized spacial score (nSPS) is 14.1. The van der Waals surface area contributed by atoms with E-state index < -0.39 is 10.5 Å². The standard InChI is InChI=1S/C11H15BrN2O3/c1-3-11(2,13)7-17-10-5-4-8(14(15)16)6-9(10)12/h4-6H,3,7,13H2,1-2H3. The topological polar surface area (TPSA) is 78.4 Å². The average molecular weight is 303 g/mol. The minimum absolute atomic E-state index is 0.0234. The smallest absolute Gasteiger partial charge is 0.270 e. The fourth-order valence-corrected chi connectivity index (χ4v) is 1.55. The van der Waals surface area contributed by atoms with Gasteiger partial charge < -0.3 is 10.5 Å². The number of hydrogen-bond donors (Lipinski definition) is 1. The van der Waals surface area contributed by atoms with Crippen molar-refractivity contribution in [2.75, 3.05) is 6.61 Å². The molecule has 1 aromatic carbocycles. The molecule has 0 amide bonds. The predicted octanol–water partition coefficient (Wildman–Crippen LogP) is 2.86. The number of nitrogens with zero attached hydrogens (tertiary/aromatic N) is 1. The lowest BCUT2D eigenvalue weighted by molar-refractivity contribution is -0.385. The van der Waals surface area contributed by atoms with E-state index in [0.29, 0.717) is 16.8 Å². The molecule has 0 saturated heterocycles. The van der Waals surface area contributed by atoms with Gasteiger partial charge in [0.05, 0.1) is 9.40 Å². The molecular formula is C11H15BrN2O3. The Hall–Kier alpha value is -1.14. The fraction of sp³-hybridized carbons (Fsp3) is 0.455. The molecule has 0 saturated carbocycles. The number of nitrogens with two attached hydrogens (primary N) is 1. The highest BCUT2D eigenvalue weighted by Gasteiger charge is 2.18. The van der Waals surface area contributed by atoms with Gasteiger partial charge in [-0.3, -0.25) is 10.1 Å². The van der Waals surface area contributed by atoms with Crippen molar-refractivity contribution in [3.63, 3.8) is 0 Å². The Morgan fingerprint density at radius 1 is 1.59 bits per heavy atom. The first-order valence-corrected chi connectivity index (χ1v) is 6.00. The van der Waals surface area contributed by atoms with Crippen molar-refractivity contribution in [2.45, 2.75) is 25.8 Å². The van der Waals surface area contributed by atoms with Gasteiger partial charge in [0.1, 0.15) is 12.4 Å². The zero-order chi connectivity index (χ0) is 13.1.